The van der Waals surface area contributed by atoms with Gasteiger partial charge >= 0.3 is 0 Å². The van der Waals surface area contributed by atoms with Crippen LogP contribution in [0.2, 0.25) is 0 Å². The molecule has 0 aliphatic carbocycles. The van der Waals surface area contributed by atoms with Crippen LogP contribution in [0.15, 0.2) is 49.1 Å². The first-order valence-corrected chi connectivity index (χ1v) is 7.99. The topological polar surface area (TPSA) is 81.9 Å². The number of hydrogen-bond donors (Lipinski definition) is 1. The summed E-state index contributed by atoms with van der Waals surface area (Å²) in [4.78, 5) is 24.8. The Balaban J connectivity index is 1.59. The Morgan fingerprint density at radius 2 is 2.04 bits per heavy atom. The highest BCUT2D eigenvalue weighted by molar-refractivity contribution is 5.93. The van der Waals surface area contributed by atoms with Crippen LogP contribution < -0.4 is 10.1 Å². The smallest absolute Gasteiger partial charge is 0.253 e. The molecule has 25 heavy (non-hydrogen) atoms. The molecule has 3 heterocycles. The van der Waals surface area contributed by atoms with Gasteiger partial charge in [0.2, 0.25) is 5.88 Å². The Morgan fingerprint density at radius 1 is 1.16 bits per heavy atom. The van der Waals surface area contributed by atoms with Gasteiger partial charge in [-0.05, 0) is 31.5 Å². The number of nitrogens with one attached hydrogen (secondary N) is 1. The summed E-state index contributed by atoms with van der Waals surface area (Å²) >= 11 is 0. The number of carbonyl (C=O) groups is 1. The van der Waals surface area contributed by atoms with Crippen LogP contribution in [0.4, 0.5) is 0 Å². The van der Waals surface area contributed by atoms with Gasteiger partial charge in [-0.25, -0.2) is 15.0 Å². The molecule has 3 aromatic rings. The molecule has 0 bridgehead atoms. The van der Waals surface area contributed by atoms with Crippen LogP contribution in [-0.4, -0.2) is 32.0 Å². The molecule has 3 aromatic heterocycles. The van der Waals surface area contributed by atoms with Crippen molar-refractivity contribution >= 4 is 5.91 Å². The first kappa shape index (κ1) is 16.6. The Morgan fingerprint density at radius 3 is 2.64 bits per heavy atom. The molecule has 0 radical (unpaired) electrons. The third-order valence-corrected chi connectivity index (χ3v) is 3.63. The summed E-state index contributed by atoms with van der Waals surface area (Å²) in [5.41, 5.74) is 1.40. The maximum Gasteiger partial charge on any atom is 0.253 e. The first-order valence-electron chi connectivity index (χ1n) is 7.99. The van der Waals surface area contributed by atoms with E-state index in [1.165, 1.54) is 6.20 Å². The van der Waals surface area contributed by atoms with Crippen LogP contribution in [-0.2, 0) is 6.54 Å². The van der Waals surface area contributed by atoms with Gasteiger partial charge in [-0.3, -0.25) is 9.36 Å². The molecule has 0 fully saturated rings. The summed E-state index contributed by atoms with van der Waals surface area (Å²) in [6, 6.07) is 7.20. The summed E-state index contributed by atoms with van der Waals surface area (Å²) in [7, 11) is 0. The molecule has 0 saturated heterocycles. The summed E-state index contributed by atoms with van der Waals surface area (Å²) in [6.45, 7) is 4.73. The van der Waals surface area contributed by atoms with E-state index in [1.54, 1.807) is 24.5 Å². The van der Waals surface area contributed by atoms with E-state index in [-0.39, 0.29) is 5.91 Å². The lowest BCUT2D eigenvalue weighted by Crippen LogP contribution is -2.23. The number of aryl methyl sites for hydroxylation is 1. The van der Waals surface area contributed by atoms with Gasteiger partial charge in [0.15, 0.2) is 0 Å². The maximum absolute atomic E-state index is 12.2. The van der Waals surface area contributed by atoms with Gasteiger partial charge in [0, 0.05) is 37.4 Å². The quantitative estimate of drug-likeness (QED) is 0.746. The van der Waals surface area contributed by atoms with Crippen molar-refractivity contribution in [2.45, 2.75) is 20.4 Å². The van der Waals surface area contributed by atoms with Crippen molar-refractivity contribution in [3.05, 3.63) is 66.0 Å². The van der Waals surface area contributed by atoms with Gasteiger partial charge in [0.05, 0.1) is 12.2 Å². The number of imidazole rings is 1. The lowest BCUT2D eigenvalue weighted by molar-refractivity contribution is 0.0950. The monoisotopic (exact) mass is 337 g/mol. The molecule has 0 spiro atoms. The molecule has 3 rings (SSSR count). The van der Waals surface area contributed by atoms with Crippen molar-refractivity contribution in [1.29, 1.82) is 0 Å². The number of rotatable bonds is 6. The Labute approximate surface area is 145 Å². The van der Waals surface area contributed by atoms with Crippen LogP contribution in [0.5, 0.6) is 5.88 Å². The molecular formula is C18H19N5O2. The van der Waals surface area contributed by atoms with Crippen molar-refractivity contribution in [2.24, 2.45) is 0 Å². The summed E-state index contributed by atoms with van der Waals surface area (Å²) in [5.74, 6) is 1.98. The van der Waals surface area contributed by atoms with E-state index in [1.807, 2.05) is 36.7 Å². The summed E-state index contributed by atoms with van der Waals surface area (Å²) in [6.07, 6.45) is 6.84. The minimum Gasteiger partial charge on any atom is -0.478 e. The third kappa shape index (κ3) is 4.00. The SMILES string of the molecule is CCOc1ccc(C(=O)NCc2ccc(-n3ccnc3C)nc2)cn1. The van der Waals surface area contributed by atoms with Gasteiger partial charge in [-0.2, -0.15) is 0 Å². The minimum atomic E-state index is -0.190. The lowest BCUT2D eigenvalue weighted by atomic mass is 10.2. The molecule has 0 unspecified atom stereocenters. The Hall–Kier alpha value is -3.22. The summed E-state index contributed by atoms with van der Waals surface area (Å²) in [5, 5.41) is 2.85. The first-order chi connectivity index (χ1) is 12.2. The van der Waals surface area contributed by atoms with E-state index in [0.717, 1.165) is 17.2 Å². The molecule has 0 atom stereocenters. The number of pyridine rings is 2. The molecule has 0 aromatic carbocycles. The molecule has 7 heteroatoms. The molecular weight excluding hydrogens is 318 g/mol. The van der Waals surface area contributed by atoms with Crippen molar-refractivity contribution in [3.8, 4) is 11.7 Å². The maximum atomic E-state index is 12.2. The Kier molecular flexibility index (Phi) is 5.03. The average molecular weight is 337 g/mol. The fourth-order valence-electron chi connectivity index (χ4n) is 2.32. The average Bonchev–Trinajstić information content (AvgIpc) is 3.07. The second kappa shape index (κ2) is 7.57. The van der Waals surface area contributed by atoms with Crippen LogP contribution in [0, 0.1) is 6.92 Å². The number of ether oxygens (including phenoxy) is 1. The van der Waals surface area contributed by atoms with E-state index in [4.69, 9.17) is 4.74 Å². The highest BCUT2D eigenvalue weighted by Gasteiger charge is 2.07. The molecule has 128 valence electrons. The van der Waals surface area contributed by atoms with Crippen LogP contribution in [0.25, 0.3) is 5.82 Å². The predicted octanol–water partition coefficient (Wildman–Crippen LogP) is 2.30. The molecule has 0 aliphatic rings. The fourth-order valence-corrected chi connectivity index (χ4v) is 2.32. The van der Waals surface area contributed by atoms with E-state index in [0.29, 0.717) is 24.6 Å². The lowest BCUT2D eigenvalue weighted by Gasteiger charge is -2.08. The Bertz CT molecular complexity index is 841. The number of amides is 1. The van der Waals surface area contributed by atoms with Crippen LogP contribution >= 0.6 is 0 Å². The highest BCUT2D eigenvalue weighted by atomic mass is 16.5. The normalized spacial score (nSPS) is 10.5. The zero-order chi connectivity index (χ0) is 17.6. The zero-order valence-corrected chi connectivity index (χ0v) is 14.1. The van der Waals surface area contributed by atoms with Gasteiger partial charge in [-0.1, -0.05) is 6.07 Å². The second-order valence-corrected chi connectivity index (χ2v) is 5.37. The largest absolute Gasteiger partial charge is 0.478 e. The van der Waals surface area contributed by atoms with E-state index in [2.05, 4.69) is 20.3 Å². The number of hydrogen-bond acceptors (Lipinski definition) is 5. The van der Waals surface area contributed by atoms with Crippen molar-refractivity contribution < 1.29 is 9.53 Å². The van der Waals surface area contributed by atoms with E-state index >= 15 is 0 Å². The van der Waals surface area contributed by atoms with Gasteiger partial charge < -0.3 is 10.1 Å². The standard InChI is InChI=1S/C18H19N5O2/c1-3-25-17-7-5-15(12-21-17)18(24)22-11-14-4-6-16(20-10-14)23-9-8-19-13(23)2/h4-10,12H,3,11H2,1-2H3,(H,22,24). The van der Waals surface area contributed by atoms with Crippen molar-refractivity contribution in [1.82, 2.24) is 24.8 Å². The van der Waals surface area contributed by atoms with E-state index < -0.39 is 0 Å². The third-order valence-electron chi connectivity index (χ3n) is 3.63. The number of nitrogens with zero attached hydrogens (tertiary/aromatic N) is 4. The van der Waals surface area contributed by atoms with Crippen molar-refractivity contribution in [2.75, 3.05) is 6.61 Å². The fraction of sp³-hybridized carbons (Fsp3) is 0.222. The second-order valence-electron chi connectivity index (χ2n) is 5.37. The van der Waals surface area contributed by atoms with Crippen LogP contribution in [0.3, 0.4) is 0 Å². The van der Waals surface area contributed by atoms with Gasteiger partial charge in [0.25, 0.3) is 5.91 Å². The minimum absolute atomic E-state index is 0.190. The van der Waals surface area contributed by atoms with Crippen LogP contribution in [0.1, 0.15) is 28.7 Å². The molecule has 1 amide bonds. The predicted molar refractivity (Wildman–Crippen MR) is 92.7 cm³/mol. The van der Waals surface area contributed by atoms with Gasteiger partial charge in [0.1, 0.15) is 11.6 Å². The highest BCUT2D eigenvalue weighted by Crippen LogP contribution is 2.10. The number of carbonyl (C=O) groups excluding carboxylic acids is 1. The number of aromatic nitrogens is 4. The van der Waals surface area contributed by atoms with E-state index in [9.17, 15) is 4.79 Å². The molecule has 7 nitrogen and oxygen atoms in total. The summed E-state index contributed by atoms with van der Waals surface area (Å²) < 4.78 is 7.16. The zero-order valence-electron chi connectivity index (χ0n) is 14.1. The molecule has 0 saturated carbocycles. The van der Waals surface area contributed by atoms with Crippen molar-refractivity contribution in [3.63, 3.8) is 0 Å². The molecule has 0 aliphatic heterocycles. The molecule has 1 N–H and O–H groups in total. The van der Waals surface area contributed by atoms with Gasteiger partial charge in [-0.15, -0.1) is 0 Å².